The number of aryl methyl sites for hydroxylation is 2. The van der Waals surface area contributed by atoms with Crippen LogP contribution in [0, 0.1) is 6.92 Å². The number of nitrogens with zero attached hydrogens (tertiary/aromatic N) is 5. The number of rotatable bonds is 2. The molecule has 0 aromatic carbocycles. The fraction of sp³-hybridized carbons (Fsp3) is 0.250. The molecule has 5 nitrogen and oxygen atoms in total. The Bertz CT molecular complexity index is 712. The predicted octanol–water partition coefficient (Wildman–Crippen LogP) is 2.20. The molecule has 0 spiro atoms. The van der Waals surface area contributed by atoms with Crippen LogP contribution < -0.4 is 0 Å². The zero-order chi connectivity index (χ0) is 12.7. The van der Waals surface area contributed by atoms with Crippen LogP contribution in [-0.2, 0) is 12.9 Å². The third-order valence-corrected chi connectivity index (χ3v) is 3.07. The summed E-state index contributed by atoms with van der Waals surface area (Å²) in [4.78, 5) is 8.87. The Morgan fingerprint density at radius 3 is 2.89 bits per heavy atom. The fourth-order valence-electron chi connectivity index (χ4n) is 2.11. The zero-order valence-electron chi connectivity index (χ0n) is 10.1. The van der Waals surface area contributed by atoms with Gasteiger partial charge in [-0.1, -0.05) is 0 Å². The van der Waals surface area contributed by atoms with Gasteiger partial charge < -0.3 is 0 Å². The van der Waals surface area contributed by atoms with Gasteiger partial charge in [0.15, 0.2) is 5.65 Å². The summed E-state index contributed by atoms with van der Waals surface area (Å²) in [6.45, 7) is 1.96. The van der Waals surface area contributed by atoms with E-state index in [1.807, 2.05) is 36.9 Å². The lowest BCUT2D eigenvalue weighted by Crippen LogP contribution is -2.00. The standard InChI is InChI=1S/C12H12ClN5/c1-8-10(7-17(2)16-8)18-11(6-13)15-9-4-3-5-14-12(9)18/h3-5,7H,6H2,1-2H3. The van der Waals surface area contributed by atoms with Gasteiger partial charge in [-0.3, -0.25) is 9.25 Å². The Balaban J connectivity index is 2.36. The van der Waals surface area contributed by atoms with Crippen molar-refractivity contribution in [3.05, 3.63) is 36.0 Å². The zero-order valence-corrected chi connectivity index (χ0v) is 10.9. The molecule has 0 bridgehead atoms. The van der Waals surface area contributed by atoms with E-state index in [0.29, 0.717) is 5.88 Å². The normalized spacial score (nSPS) is 11.3. The molecule has 6 heteroatoms. The number of pyridine rings is 1. The summed E-state index contributed by atoms with van der Waals surface area (Å²) < 4.78 is 3.74. The Morgan fingerprint density at radius 2 is 2.22 bits per heavy atom. The molecule has 0 N–H and O–H groups in total. The third-order valence-electron chi connectivity index (χ3n) is 2.83. The number of alkyl halides is 1. The van der Waals surface area contributed by atoms with Gasteiger partial charge in [-0.25, -0.2) is 9.97 Å². The monoisotopic (exact) mass is 261 g/mol. The van der Waals surface area contributed by atoms with Crippen molar-refractivity contribution in [1.29, 1.82) is 0 Å². The first-order chi connectivity index (χ1) is 8.70. The van der Waals surface area contributed by atoms with Crippen LogP contribution in [0.4, 0.5) is 0 Å². The molecule has 0 fully saturated rings. The summed E-state index contributed by atoms with van der Waals surface area (Å²) >= 11 is 5.97. The van der Waals surface area contributed by atoms with Crippen molar-refractivity contribution >= 4 is 22.8 Å². The maximum Gasteiger partial charge on any atom is 0.164 e. The van der Waals surface area contributed by atoms with E-state index >= 15 is 0 Å². The van der Waals surface area contributed by atoms with E-state index in [2.05, 4.69) is 15.1 Å². The van der Waals surface area contributed by atoms with Gasteiger partial charge in [0.25, 0.3) is 0 Å². The van der Waals surface area contributed by atoms with E-state index in [1.165, 1.54) is 0 Å². The number of halogens is 1. The highest BCUT2D eigenvalue weighted by molar-refractivity contribution is 6.16. The molecule has 0 saturated carbocycles. The van der Waals surface area contributed by atoms with Gasteiger partial charge in [0.1, 0.15) is 11.3 Å². The van der Waals surface area contributed by atoms with Gasteiger partial charge in [-0.05, 0) is 19.1 Å². The van der Waals surface area contributed by atoms with Crippen molar-refractivity contribution < 1.29 is 0 Å². The van der Waals surface area contributed by atoms with E-state index in [1.54, 1.807) is 10.9 Å². The molecular weight excluding hydrogens is 250 g/mol. The fourth-order valence-corrected chi connectivity index (χ4v) is 2.29. The number of fused-ring (bicyclic) bond motifs is 1. The molecule has 0 amide bonds. The summed E-state index contributed by atoms with van der Waals surface area (Å²) in [5, 5.41) is 4.35. The Hall–Kier alpha value is -1.88. The lowest BCUT2D eigenvalue weighted by atomic mass is 10.4. The lowest BCUT2D eigenvalue weighted by Gasteiger charge is -2.04. The van der Waals surface area contributed by atoms with Crippen molar-refractivity contribution in [1.82, 2.24) is 24.3 Å². The smallest absolute Gasteiger partial charge is 0.164 e. The molecular formula is C12H12ClN5. The SMILES string of the molecule is Cc1nn(C)cc1-n1c(CCl)nc2cccnc21. The van der Waals surface area contributed by atoms with Gasteiger partial charge >= 0.3 is 0 Å². The van der Waals surface area contributed by atoms with Crippen molar-refractivity contribution in [2.24, 2.45) is 7.05 Å². The van der Waals surface area contributed by atoms with Gasteiger partial charge in [-0.15, -0.1) is 11.6 Å². The van der Waals surface area contributed by atoms with E-state index in [4.69, 9.17) is 11.6 Å². The maximum absolute atomic E-state index is 5.97. The molecule has 3 aromatic heterocycles. The molecule has 92 valence electrons. The van der Waals surface area contributed by atoms with E-state index in [-0.39, 0.29) is 0 Å². The highest BCUT2D eigenvalue weighted by atomic mass is 35.5. The first-order valence-corrected chi connectivity index (χ1v) is 6.13. The number of aromatic nitrogens is 5. The summed E-state index contributed by atoms with van der Waals surface area (Å²) in [7, 11) is 1.89. The summed E-state index contributed by atoms with van der Waals surface area (Å²) in [5.41, 5.74) is 3.55. The van der Waals surface area contributed by atoms with Crippen molar-refractivity contribution in [3.8, 4) is 5.69 Å². The lowest BCUT2D eigenvalue weighted by molar-refractivity contribution is 0.756. The molecule has 3 heterocycles. The van der Waals surface area contributed by atoms with E-state index in [0.717, 1.165) is 28.4 Å². The van der Waals surface area contributed by atoms with Crippen LogP contribution in [0.1, 0.15) is 11.5 Å². The molecule has 0 atom stereocenters. The Labute approximate surface area is 109 Å². The Morgan fingerprint density at radius 1 is 1.39 bits per heavy atom. The predicted molar refractivity (Wildman–Crippen MR) is 69.9 cm³/mol. The number of hydrogen-bond donors (Lipinski definition) is 0. The summed E-state index contributed by atoms with van der Waals surface area (Å²) in [5.74, 6) is 1.12. The van der Waals surface area contributed by atoms with Crippen molar-refractivity contribution in [3.63, 3.8) is 0 Å². The molecule has 0 saturated heterocycles. The highest BCUT2D eigenvalue weighted by Crippen LogP contribution is 2.22. The minimum Gasteiger partial charge on any atom is -0.276 e. The minimum atomic E-state index is 0.338. The van der Waals surface area contributed by atoms with Crippen LogP contribution in [0.2, 0.25) is 0 Å². The second-order valence-corrected chi connectivity index (χ2v) is 4.38. The van der Waals surface area contributed by atoms with Crippen LogP contribution in [0.5, 0.6) is 0 Å². The molecule has 0 unspecified atom stereocenters. The van der Waals surface area contributed by atoms with Crippen molar-refractivity contribution in [2.45, 2.75) is 12.8 Å². The van der Waals surface area contributed by atoms with Gasteiger partial charge in [0, 0.05) is 19.4 Å². The third kappa shape index (κ3) is 1.59. The van der Waals surface area contributed by atoms with Gasteiger partial charge in [-0.2, -0.15) is 5.10 Å². The van der Waals surface area contributed by atoms with Gasteiger partial charge in [0.05, 0.1) is 17.3 Å². The topological polar surface area (TPSA) is 48.5 Å². The first kappa shape index (κ1) is 11.2. The quantitative estimate of drug-likeness (QED) is 0.665. The molecule has 3 rings (SSSR count). The number of imidazole rings is 1. The molecule has 0 radical (unpaired) electrons. The largest absolute Gasteiger partial charge is 0.276 e. The molecule has 3 aromatic rings. The van der Waals surface area contributed by atoms with Crippen LogP contribution in [0.15, 0.2) is 24.5 Å². The second-order valence-electron chi connectivity index (χ2n) is 4.12. The average Bonchev–Trinajstić information content (AvgIpc) is 2.88. The van der Waals surface area contributed by atoms with Crippen LogP contribution in [-0.4, -0.2) is 24.3 Å². The van der Waals surface area contributed by atoms with Crippen molar-refractivity contribution in [2.75, 3.05) is 0 Å². The van der Waals surface area contributed by atoms with Gasteiger partial charge in [0.2, 0.25) is 0 Å². The molecule has 0 aliphatic heterocycles. The molecule has 0 aliphatic carbocycles. The molecule has 0 aliphatic rings. The van der Waals surface area contributed by atoms with Crippen LogP contribution in [0.25, 0.3) is 16.9 Å². The van der Waals surface area contributed by atoms with E-state index in [9.17, 15) is 0 Å². The average molecular weight is 262 g/mol. The summed E-state index contributed by atoms with van der Waals surface area (Å²) in [6, 6.07) is 3.80. The first-order valence-electron chi connectivity index (χ1n) is 5.59. The van der Waals surface area contributed by atoms with E-state index < -0.39 is 0 Å². The maximum atomic E-state index is 5.97. The minimum absolute atomic E-state index is 0.338. The van der Waals surface area contributed by atoms with Crippen LogP contribution >= 0.6 is 11.6 Å². The second kappa shape index (κ2) is 4.10. The highest BCUT2D eigenvalue weighted by Gasteiger charge is 2.15. The van der Waals surface area contributed by atoms with Crippen LogP contribution in [0.3, 0.4) is 0 Å². The Kier molecular flexibility index (Phi) is 2.56. The molecule has 18 heavy (non-hydrogen) atoms. The summed E-state index contributed by atoms with van der Waals surface area (Å²) in [6.07, 6.45) is 3.70. The number of hydrogen-bond acceptors (Lipinski definition) is 3.